The number of aromatic nitrogens is 3. The highest BCUT2D eigenvalue weighted by molar-refractivity contribution is 5.27. The van der Waals surface area contributed by atoms with E-state index < -0.39 is 0 Å². The number of rotatable bonds is 8. The zero-order valence-corrected chi connectivity index (χ0v) is 13.2. The summed E-state index contributed by atoms with van der Waals surface area (Å²) in [6.07, 6.45) is 3.10. The van der Waals surface area contributed by atoms with Crippen molar-refractivity contribution >= 4 is 0 Å². The molecule has 0 spiro atoms. The van der Waals surface area contributed by atoms with Gasteiger partial charge in [-0.2, -0.15) is 0 Å². The smallest absolute Gasteiger partial charge is 0.0904 e. The summed E-state index contributed by atoms with van der Waals surface area (Å²) >= 11 is 0. The number of ether oxygens (including phenoxy) is 1. The Morgan fingerprint density at radius 3 is 2.57 bits per heavy atom. The van der Waals surface area contributed by atoms with Gasteiger partial charge in [0.05, 0.1) is 18.8 Å². The van der Waals surface area contributed by atoms with E-state index in [-0.39, 0.29) is 5.92 Å². The fourth-order valence-corrected chi connectivity index (χ4v) is 2.53. The van der Waals surface area contributed by atoms with E-state index in [1.165, 1.54) is 5.56 Å². The highest BCUT2D eigenvalue weighted by Gasteiger charge is 2.21. The van der Waals surface area contributed by atoms with Gasteiger partial charge >= 0.3 is 0 Å². The van der Waals surface area contributed by atoms with E-state index in [0.717, 1.165) is 25.3 Å². The van der Waals surface area contributed by atoms with Gasteiger partial charge in [0.15, 0.2) is 0 Å². The summed E-state index contributed by atoms with van der Waals surface area (Å²) in [6.45, 7) is 8.81. The molecule has 0 aliphatic rings. The van der Waals surface area contributed by atoms with E-state index in [9.17, 15) is 0 Å². The van der Waals surface area contributed by atoms with E-state index in [0.29, 0.717) is 12.5 Å². The molecule has 0 aliphatic carbocycles. The number of nitrogens with zero attached hydrogens (tertiary/aromatic N) is 3. The van der Waals surface area contributed by atoms with Crippen molar-refractivity contribution in [3.8, 4) is 0 Å². The van der Waals surface area contributed by atoms with E-state index in [4.69, 9.17) is 4.74 Å². The fraction of sp³-hybridized carbons (Fsp3) is 0.529. The minimum atomic E-state index is 0.288. The van der Waals surface area contributed by atoms with Crippen molar-refractivity contribution in [1.29, 1.82) is 0 Å². The number of hydrogen-bond acceptors (Lipinski definition) is 3. The lowest BCUT2D eigenvalue weighted by Gasteiger charge is -2.18. The summed E-state index contributed by atoms with van der Waals surface area (Å²) in [7, 11) is 0. The van der Waals surface area contributed by atoms with Gasteiger partial charge in [-0.05, 0) is 17.9 Å². The highest BCUT2D eigenvalue weighted by Crippen LogP contribution is 2.29. The Morgan fingerprint density at radius 2 is 1.90 bits per heavy atom. The molecule has 1 atom stereocenters. The molecule has 0 bridgehead atoms. The van der Waals surface area contributed by atoms with Crippen molar-refractivity contribution in [3.63, 3.8) is 0 Å². The van der Waals surface area contributed by atoms with Crippen molar-refractivity contribution in [3.05, 3.63) is 47.8 Å². The molecule has 1 aromatic carbocycles. The zero-order chi connectivity index (χ0) is 15.1. The molecule has 0 aliphatic heterocycles. The molecule has 114 valence electrons. The molecule has 21 heavy (non-hydrogen) atoms. The van der Waals surface area contributed by atoms with Gasteiger partial charge in [0, 0.05) is 18.7 Å². The Labute approximate surface area is 127 Å². The minimum absolute atomic E-state index is 0.288. The maximum atomic E-state index is 5.50. The third-order valence-corrected chi connectivity index (χ3v) is 3.51. The predicted octanol–water partition coefficient (Wildman–Crippen LogP) is 3.49. The summed E-state index contributed by atoms with van der Waals surface area (Å²) in [6, 6.07) is 10.5. The van der Waals surface area contributed by atoms with E-state index in [1.54, 1.807) is 0 Å². The Bertz CT molecular complexity index is 522. The molecule has 0 N–H and O–H groups in total. The first-order valence-electron chi connectivity index (χ1n) is 7.75. The van der Waals surface area contributed by atoms with E-state index >= 15 is 0 Å². The Hall–Kier alpha value is -1.68. The standard InChI is InChI=1S/C17H25N3O/c1-4-11-21-12-10-20-13-16(18-19-20)17(14(2)3)15-8-6-5-7-9-15/h5-9,13-14,17H,4,10-12H2,1-3H3. The van der Waals surface area contributed by atoms with Gasteiger partial charge in [-0.3, -0.25) is 0 Å². The topological polar surface area (TPSA) is 39.9 Å². The quantitative estimate of drug-likeness (QED) is 0.698. The van der Waals surface area contributed by atoms with Crippen LogP contribution in [0, 0.1) is 5.92 Å². The van der Waals surface area contributed by atoms with Gasteiger partial charge in [0.25, 0.3) is 0 Å². The highest BCUT2D eigenvalue weighted by atomic mass is 16.5. The second-order valence-electron chi connectivity index (χ2n) is 5.65. The van der Waals surface area contributed by atoms with Crippen molar-refractivity contribution in [2.75, 3.05) is 13.2 Å². The Morgan fingerprint density at radius 1 is 1.14 bits per heavy atom. The zero-order valence-electron chi connectivity index (χ0n) is 13.2. The van der Waals surface area contributed by atoms with Crippen LogP contribution in [0.3, 0.4) is 0 Å². The van der Waals surface area contributed by atoms with Crippen molar-refractivity contribution in [2.45, 2.75) is 39.7 Å². The summed E-state index contributed by atoms with van der Waals surface area (Å²) in [4.78, 5) is 0. The summed E-state index contributed by atoms with van der Waals surface area (Å²) in [5, 5.41) is 8.60. The third-order valence-electron chi connectivity index (χ3n) is 3.51. The predicted molar refractivity (Wildman–Crippen MR) is 84.3 cm³/mol. The lowest BCUT2D eigenvalue weighted by atomic mass is 9.86. The van der Waals surface area contributed by atoms with Crippen LogP contribution in [0.4, 0.5) is 0 Å². The van der Waals surface area contributed by atoms with Crippen LogP contribution in [-0.4, -0.2) is 28.2 Å². The number of hydrogen-bond donors (Lipinski definition) is 0. The molecule has 2 aromatic rings. The molecule has 4 heteroatoms. The van der Waals surface area contributed by atoms with Crippen molar-refractivity contribution < 1.29 is 4.74 Å². The molecule has 0 radical (unpaired) electrons. The second-order valence-corrected chi connectivity index (χ2v) is 5.65. The van der Waals surface area contributed by atoms with Crippen molar-refractivity contribution in [2.24, 2.45) is 5.92 Å². The molecule has 0 saturated heterocycles. The van der Waals surface area contributed by atoms with Crippen LogP contribution in [-0.2, 0) is 11.3 Å². The summed E-state index contributed by atoms with van der Waals surface area (Å²) in [5.41, 5.74) is 2.33. The summed E-state index contributed by atoms with van der Waals surface area (Å²) < 4.78 is 7.38. The van der Waals surface area contributed by atoms with Crippen LogP contribution < -0.4 is 0 Å². The normalized spacial score (nSPS) is 12.8. The first-order valence-corrected chi connectivity index (χ1v) is 7.75. The van der Waals surface area contributed by atoms with Crippen LogP contribution in [0.1, 0.15) is 44.4 Å². The third kappa shape index (κ3) is 4.39. The molecule has 1 aromatic heterocycles. The average molecular weight is 287 g/mol. The average Bonchev–Trinajstić information content (AvgIpc) is 2.93. The van der Waals surface area contributed by atoms with Gasteiger partial charge < -0.3 is 4.74 Å². The van der Waals surface area contributed by atoms with E-state index in [2.05, 4.69) is 55.3 Å². The van der Waals surface area contributed by atoms with Crippen LogP contribution >= 0.6 is 0 Å². The first-order chi connectivity index (χ1) is 10.2. The SMILES string of the molecule is CCCOCCn1cc(C(c2ccccc2)C(C)C)nn1. The maximum Gasteiger partial charge on any atom is 0.0904 e. The maximum absolute atomic E-state index is 5.50. The lowest BCUT2D eigenvalue weighted by Crippen LogP contribution is -2.09. The van der Waals surface area contributed by atoms with Gasteiger partial charge in [0.2, 0.25) is 0 Å². The molecule has 0 fully saturated rings. The summed E-state index contributed by atoms with van der Waals surface area (Å²) in [5.74, 6) is 0.769. The van der Waals surface area contributed by atoms with E-state index in [1.807, 2.05) is 16.9 Å². The van der Waals surface area contributed by atoms with Crippen LogP contribution in [0.15, 0.2) is 36.5 Å². The molecule has 1 heterocycles. The molecule has 0 saturated carbocycles. The van der Waals surface area contributed by atoms with Crippen molar-refractivity contribution in [1.82, 2.24) is 15.0 Å². The molecule has 1 unspecified atom stereocenters. The van der Waals surface area contributed by atoms with Crippen LogP contribution in [0.2, 0.25) is 0 Å². The van der Waals surface area contributed by atoms with Gasteiger partial charge in [-0.1, -0.05) is 56.3 Å². The second kappa shape index (κ2) is 7.93. The van der Waals surface area contributed by atoms with Gasteiger partial charge in [0.1, 0.15) is 0 Å². The molecular formula is C17H25N3O. The Balaban J connectivity index is 2.06. The monoisotopic (exact) mass is 287 g/mol. The Kier molecular flexibility index (Phi) is 5.93. The lowest BCUT2D eigenvalue weighted by molar-refractivity contribution is 0.124. The largest absolute Gasteiger partial charge is 0.380 e. The van der Waals surface area contributed by atoms with Gasteiger partial charge in [-0.25, -0.2) is 4.68 Å². The van der Waals surface area contributed by atoms with Gasteiger partial charge in [-0.15, -0.1) is 5.10 Å². The van der Waals surface area contributed by atoms with Crippen LogP contribution in [0.25, 0.3) is 0 Å². The number of benzene rings is 1. The first kappa shape index (κ1) is 15.7. The van der Waals surface area contributed by atoms with Crippen LogP contribution in [0.5, 0.6) is 0 Å². The molecule has 4 nitrogen and oxygen atoms in total. The molecular weight excluding hydrogens is 262 g/mol. The minimum Gasteiger partial charge on any atom is -0.380 e. The fourth-order valence-electron chi connectivity index (χ4n) is 2.53. The molecule has 0 amide bonds. The molecule has 2 rings (SSSR count).